The van der Waals surface area contributed by atoms with Crippen molar-refractivity contribution in [3.05, 3.63) is 101 Å². The fourth-order valence-corrected chi connectivity index (χ4v) is 5.40. The van der Waals surface area contributed by atoms with E-state index in [-0.39, 0.29) is 22.6 Å². The van der Waals surface area contributed by atoms with Crippen LogP contribution in [0.25, 0.3) is 10.8 Å². The fourth-order valence-electron chi connectivity index (χ4n) is 4.61. The number of carbonyl (C=O) groups excluding carboxylic acids is 1. The number of pyridine rings is 2. The van der Waals surface area contributed by atoms with Crippen LogP contribution in [0.4, 0.5) is 0 Å². The standard InChI is InChI=1S/C27H26N6O3S/c1-16-8-21-10-18(12-25(37(29,35)36)24(21)15-32-16)11-22-13-20(5-6-30-22)27(34)33-14-17-2-3-23-19(9-17)4-7-31-26(23)28/h2-10,12-13,15,19,23H,11,14H2,1H3,(H2,28,31)(H,33,34)(H2,29,35,36). The van der Waals surface area contributed by atoms with Crippen LogP contribution in [-0.4, -0.2) is 36.7 Å². The Morgan fingerprint density at radius 2 is 1.97 bits per heavy atom. The molecule has 3 heterocycles. The number of hydrogen-bond donors (Lipinski definition) is 3. The Bertz CT molecular complexity index is 1640. The first-order chi connectivity index (χ1) is 17.7. The Morgan fingerprint density at radius 3 is 2.78 bits per heavy atom. The summed E-state index contributed by atoms with van der Waals surface area (Å²) in [7, 11) is -3.96. The van der Waals surface area contributed by atoms with Gasteiger partial charge < -0.3 is 11.1 Å². The third kappa shape index (κ3) is 5.35. The number of amides is 1. The monoisotopic (exact) mass is 514 g/mol. The lowest BCUT2D eigenvalue weighted by Gasteiger charge is -2.25. The van der Waals surface area contributed by atoms with Crippen molar-refractivity contribution in [3.63, 3.8) is 0 Å². The van der Waals surface area contributed by atoms with E-state index in [4.69, 9.17) is 10.9 Å². The molecule has 1 amide bonds. The molecular formula is C27H26N6O3S. The highest BCUT2D eigenvalue weighted by molar-refractivity contribution is 7.89. The zero-order valence-electron chi connectivity index (χ0n) is 20.1. The van der Waals surface area contributed by atoms with Gasteiger partial charge in [-0.05, 0) is 47.7 Å². The summed E-state index contributed by atoms with van der Waals surface area (Å²) in [5.74, 6) is 0.538. The summed E-state index contributed by atoms with van der Waals surface area (Å²) in [6.07, 6.45) is 13.2. The number of allylic oxidation sites excluding steroid dienone is 2. The maximum absolute atomic E-state index is 12.9. The molecule has 1 aliphatic carbocycles. The van der Waals surface area contributed by atoms with Gasteiger partial charge in [0, 0.05) is 65.7 Å². The Labute approximate surface area is 214 Å². The maximum Gasteiger partial charge on any atom is 0.251 e. The highest BCUT2D eigenvalue weighted by Gasteiger charge is 2.24. The Hall–Kier alpha value is -4.15. The topological polar surface area (TPSA) is 153 Å². The van der Waals surface area contributed by atoms with E-state index >= 15 is 0 Å². The predicted molar refractivity (Wildman–Crippen MR) is 142 cm³/mol. The van der Waals surface area contributed by atoms with E-state index in [1.54, 1.807) is 24.5 Å². The number of sulfonamides is 1. The largest absolute Gasteiger partial charge is 0.387 e. The van der Waals surface area contributed by atoms with E-state index < -0.39 is 10.0 Å². The summed E-state index contributed by atoms with van der Waals surface area (Å²) in [6, 6.07) is 8.59. The molecule has 1 aromatic carbocycles. The predicted octanol–water partition coefficient (Wildman–Crippen LogP) is 2.52. The van der Waals surface area contributed by atoms with Gasteiger partial charge in [-0.25, -0.2) is 18.5 Å². The van der Waals surface area contributed by atoms with Crippen LogP contribution < -0.4 is 16.2 Å². The van der Waals surface area contributed by atoms with E-state index in [2.05, 4.69) is 26.4 Å². The molecule has 188 valence electrons. The zero-order valence-corrected chi connectivity index (χ0v) is 20.9. The lowest BCUT2D eigenvalue weighted by Crippen LogP contribution is -2.32. The molecule has 1 aliphatic heterocycles. The van der Waals surface area contributed by atoms with Gasteiger partial charge in [-0.2, -0.15) is 0 Å². The quantitative estimate of drug-likeness (QED) is 0.459. The first kappa shape index (κ1) is 24.5. The summed E-state index contributed by atoms with van der Waals surface area (Å²) in [5, 5.41) is 9.62. The molecule has 0 saturated heterocycles. The van der Waals surface area contributed by atoms with Gasteiger partial charge in [-0.3, -0.25) is 14.8 Å². The molecule has 5 N–H and O–H groups in total. The van der Waals surface area contributed by atoms with Crippen molar-refractivity contribution < 1.29 is 13.2 Å². The maximum atomic E-state index is 12.9. The fraction of sp³-hybridized carbons (Fsp3) is 0.185. The van der Waals surface area contributed by atoms with Crippen molar-refractivity contribution in [1.82, 2.24) is 15.3 Å². The van der Waals surface area contributed by atoms with E-state index in [0.29, 0.717) is 41.0 Å². The number of carbonyl (C=O) groups is 1. The van der Waals surface area contributed by atoms with Crippen LogP contribution >= 0.6 is 0 Å². The molecule has 0 bridgehead atoms. The average Bonchev–Trinajstić information content (AvgIpc) is 2.86. The van der Waals surface area contributed by atoms with Crippen molar-refractivity contribution in [2.45, 2.75) is 18.2 Å². The van der Waals surface area contributed by atoms with Gasteiger partial charge in [-0.1, -0.05) is 30.4 Å². The number of nitrogens with two attached hydrogens (primary N) is 2. The molecule has 3 aromatic rings. The number of aryl methyl sites for hydroxylation is 1. The lowest BCUT2D eigenvalue weighted by atomic mass is 9.84. The minimum Gasteiger partial charge on any atom is -0.387 e. The minimum absolute atomic E-state index is 0.0123. The summed E-state index contributed by atoms with van der Waals surface area (Å²) < 4.78 is 24.5. The number of primary sulfonamides is 1. The zero-order chi connectivity index (χ0) is 26.2. The average molecular weight is 515 g/mol. The van der Waals surface area contributed by atoms with Crippen molar-refractivity contribution in [2.24, 2.45) is 27.7 Å². The summed E-state index contributed by atoms with van der Waals surface area (Å²) in [4.78, 5) is 25.6. The summed E-state index contributed by atoms with van der Waals surface area (Å²) >= 11 is 0. The van der Waals surface area contributed by atoms with Crippen LogP contribution in [0.1, 0.15) is 27.3 Å². The molecule has 2 aromatic heterocycles. The third-order valence-electron chi connectivity index (χ3n) is 6.43. The van der Waals surface area contributed by atoms with Gasteiger partial charge in [0.15, 0.2) is 0 Å². The highest BCUT2D eigenvalue weighted by atomic mass is 32.2. The molecule has 0 fully saturated rings. The Kier molecular flexibility index (Phi) is 6.45. The molecule has 37 heavy (non-hydrogen) atoms. The van der Waals surface area contributed by atoms with Crippen LogP contribution in [0.3, 0.4) is 0 Å². The Balaban J connectivity index is 1.32. The second kappa shape index (κ2) is 9.72. The summed E-state index contributed by atoms with van der Waals surface area (Å²) in [5.41, 5.74) is 9.51. The van der Waals surface area contributed by atoms with Crippen LogP contribution in [0.15, 0.2) is 88.7 Å². The second-order valence-electron chi connectivity index (χ2n) is 9.18. The molecule has 2 aliphatic rings. The minimum atomic E-state index is -3.96. The van der Waals surface area contributed by atoms with E-state index in [1.807, 2.05) is 37.3 Å². The second-order valence-corrected chi connectivity index (χ2v) is 10.7. The molecule has 2 unspecified atom stereocenters. The van der Waals surface area contributed by atoms with Gasteiger partial charge in [0.25, 0.3) is 5.91 Å². The van der Waals surface area contributed by atoms with Gasteiger partial charge in [0.05, 0.1) is 4.90 Å². The normalized spacial score (nSPS) is 18.8. The first-order valence-corrected chi connectivity index (χ1v) is 13.3. The first-order valence-electron chi connectivity index (χ1n) is 11.7. The summed E-state index contributed by atoms with van der Waals surface area (Å²) in [6.45, 7) is 2.20. The molecule has 5 rings (SSSR count). The highest BCUT2D eigenvalue weighted by Crippen LogP contribution is 2.27. The number of nitrogens with one attached hydrogen (secondary N) is 1. The van der Waals surface area contributed by atoms with Crippen molar-refractivity contribution in [1.29, 1.82) is 0 Å². The van der Waals surface area contributed by atoms with Gasteiger partial charge >= 0.3 is 0 Å². The Morgan fingerprint density at radius 1 is 1.14 bits per heavy atom. The molecule has 0 radical (unpaired) electrons. The van der Waals surface area contributed by atoms with Crippen molar-refractivity contribution in [2.75, 3.05) is 6.54 Å². The molecule has 0 spiro atoms. The van der Waals surface area contributed by atoms with Crippen LogP contribution in [0, 0.1) is 18.8 Å². The van der Waals surface area contributed by atoms with E-state index in [1.165, 1.54) is 12.3 Å². The van der Waals surface area contributed by atoms with Gasteiger partial charge in [0.2, 0.25) is 10.0 Å². The molecular weight excluding hydrogens is 488 g/mol. The van der Waals surface area contributed by atoms with Crippen molar-refractivity contribution in [3.8, 4) is 0 Å². The molecule has 0 saturated carbocycles. The lowest BCUT2D eigenvalue weighted by molar-refractivity contribution is 0.0957. The van der Waals surface area contributed by atoms with Crippen LogP contribution in [-0.2, 0) is 16.4 Å². The number of fused-ring (bicyclic) bond motifs is 2. The number of hydrogen-bond acceptors (Lipinski definition) is 7. The molecule has 10 heteroatoms. The van der Waals surface area contributed by atoms with Crippen molar-refractivity contribution >= 4 is 32.5 Å². The number of rotatable bonds is 6. The molecule has 2 atom stereocenters. The van der Waals surface area contributed by atoms with Crippen LogP contribution in [0.5, 0.6) is 0 Å². The van der Waals surface area contributed by atoms with E-state index in [0.717, 1.165) is 16.7 Å². The van der Waals surface area contributed by atoms with Gasteiger partial charge in [-0.15, -0.1) is 0 Å². The van der Waals surface area contributed by atoms with Gasteiger partial charge in [0.1, 0.15) is 5.84 Å². The third-order valence-corrected chi connectivity index (χ3v) is 7.38. The van der Waals surface area contributed by atoms with Crippen LogP contribution in [0.2, 0.25) is 0 Å². The number of amidine groups is 1. The smallest absolute Gasteiger partial charge is 0.251 e. The number of aliphatic imine (C=N–C) groups is 1. The number of benzene rings is 1. The molecule has 9 nitrogen and oxygen atoms in total. The SMILES string of the molecule is Cc1cc2cc(Cc3cc(C(=O)NCC4=CC5C=CN=C(N)C5C=C4)ccn3)cc(S(N)(=O)=O)c2cn1. The van der Waals surface area contributed by atoms with E-state index in [9.17, 15) is 13.2 Å². The number of nitrogens with zero attached hydrogens (tertiary/aromatic N) is 3. The number of aromatic nitrogens is 2.